The van der Waals surface area contributed by atoms with Gasteiger partial charge in [-0.3, -0.25) is 24.6 Å². The van der Waals surface area contributed by atoms with Gasteiger partial charge in [0.2, 0.25) is 5.91 Å². The average molecular weight is 355 g/mol. The number of fused-ring (bicyclic) bond motifs is 1. The summed E-state index contributed by atoms with van der Waals surface area (Å²) in [5.41, 5.74) is 1.23. The fourth-order valence-electron chi connectivity index (χ4n) is 2.75. The fourth-order valence-corrected chi connectivity index (χ4v) is 2.75. The van der Waals surface area contributed by atoms with Crippen LogP contribution in [0.5, 0.6) is 5.75 Å². The van der Waals surface area contributed by atoms with Crippen LogP contribution in [0.3, 0.4) is 0 Å². The van der Waals surface area contributed by atoms with E-state index in [4.69, 9.17) is 4.74 Å². The molecule has 1 atom stereocenters. The predicted octanol–water partition coefficient (Wildman–Crippen LogP) is 2.66. The van der Waals surface area contributed by atoms with Crippen LogP contribution in [0.25, 0.3) is 0 Å². The van der Waals surface area contributed by atoms with Crippen molar-refractivity contribution in [3.8, 4) is 5.75 Å². The zero-order valence-electron chi connectivity index (χ0n) is 14.3. The number of para-hydroxylation sites is 2. The molecule has 0 fully saturated rings. The summed E-state index contributed by atoms with van der Waals surface area (Å²) in [5.74, 6) is -0.257. The van der Waals surface area contributed by atoms with E-state index in [-0.39, 0.29) is 18.1 Å². The van der Waals surface area contributed by atoms with Crippen LogP contribution in [0.15, 0.2) is 42.5 Å². The second-order valence-electron chi connectivity index (χ2n) is 5.96. The van der Waals surface area contributed by atoms with E-state index in [1.807, 2.05) is 0 Å². The number of anilines is 2. The second-order valence-corrected chi connectivity index (χ2v) is 5.96. The third-order valence-electron chi connectivity index (χ3n) is 4.06. The maximum absolute atomic E-state index is 12.4. The van der Waals surface area contributed by atoms with Crippen LogP contribution in [-0.4, -0.2) is 29.4 Å². The van der Waals surface area contributed by atoms with Gasteiger partial charge in [-0.25, -0.2) is 0 Å². The van der Waals surface area contributed by atoms with Crippen molar-refractivity contribution in [1.29, 1.82) is 0 Å². The first-order valence-corrected chi connectivity index (χ1v) is 7.99. The minimum atomic E-state index is -0.696. The van der Waals surface area contributed by atoms with Gasteiger partial charge in [0.25, 0.3) is 11.6 Å². The molecule has 2 aromatic rings. The van der Waals surface area contributed by atoms with Crippen LogP contribution in [0.4, 0.5) is 17.1 Å². The third-order valence-corrected chi connectivity index (χ3v) is 4.06. The molecule has 1 aliphatic rings. The standard InChI is InChI=1S/C18H17N3O5/c1-11-7-8-13(9-15(11)21(24)25)19-17(22)10-20-14-5-3-4-6-16(14)26-12(2)18(20)23/h3-9,12H,10H2,1-2H3,(H,19,22). The highest BCUT2D eigenvalue weighted by molar-refractivity contribution is 6.06. The Morgan fingerprint density at radius 1 is 1.31 bits per heavy atom. The van der Waals surface area contributed by atoms with Crippen LogP contribution >= 0.6 is 0 Å². The molecule has 0 saturated carbocycles. The number of ether oxygens (including phenoxy) is 1. The third kappa shape index (κ3) is 3.34. The molecule has 0 radical (unpaired) electrons. The van der Waals surface area contributed by atoms with Crippen molar-refractivity contribution in [2.75, 3.05) is 16.8 Å². The van der Waals surface area contributed by atoms with Gasteiger partial charge in [0.05, 0.1) is 10.6 Å². The maximum atomic E-state index is 12.4. The lowest BCUT2D eigenvalue weighted by Crippen LogP contribution is -2.47. The monoisotopic (exact) mass is 355 g/mol. The Bertz CT molecular complexity index is 896. The highest BCUT2D eigenvalue weighted by Gasteiger charge is 2.32. The zero-order chi connectivity index (χ0) is 18.8. The molecule has 1 heterocycles. The van der Waals surface area contributed by atoms with E-state index in [1.54, 1.807) is 50.2 Å². The number of aryl methyl sites for hydroxylation is 1. The Labute approximate surface area is 149 Å². The lowest BCUT2D eigenvalue weighted by molar-refractivity contribution is -0.385. The van der Waals surface area contributed by atoms with Crippen LogP contribution in [0.1, 0.15) is 12.5 Å². The van der Waals surface area contributed by atoms with Gasteiger partial charge in [-0.15, -0.1) is 0 Å². The fraction of sp³-hybridized carbons (Fsp3) is 0.222. The van der Waals surface area contributed by atoms with E-state index in [9.17, 15) is 19.7 Å². The Morgan fingerprint density at radius 2 is 2.04 bits per heavy atom. The van der Waals surface area contributed by atoms with Crippen molar-refractivity contribution in [3.05, 3.63) is 58.1 Å². The summed E-state index contributed by atoms with van der Waals surface area (Å²) in [6.07, 6.45) is -0.696. The van der Waals surface area contributed by atoms with Gasteiger partial charge in [-0.2, -0.15) is 0 Å². The highest BCUT2D eigenvalue weighted by Crippen LogP contribution is 2.33. The molecule has 0 saturated heterocycles. The van der Waals surface area contributed by atoms with Gasteiger partial charge in [-0.1, -0.05) is 18.2 Å². The molecule has 0 aromatic heterocycles. The lowest BCUT2D eigenvalue weighted by atomic mass is 10.1. The number of amides is 2. The minimum absolute atomic E-state index is 0.0794. The molecule has 26 heavy (non-hydrogen) atoms. The number of nitro benzene ring substituents is 1. The molecular weight excluding hydrogens is 338 g/mol. The van der Waals surface area contributed by atoms with Crippen LogP contribution in [0.2, 0.25) is 0 Å². The quantitative estimate of drug-likeness (QED) is 0.671. The van der Waals surface area contributed by atoms with Crippen molar-refractivity contribution in [1.82, 2.24) is 0 Å². The Hall–Kier alpha value is -3.42. The smallest absolute Gasteiger partial charge is 0.274 e. The number of rotatable bonds is 4. The second kappa shape index (κ2) is 6.83. The Morgan fingerprint density at radius 3 is 2.77 bits per heavy atom. The topological polar surface area (TPSA) is 102 Å². The number of nitrogens with zero attached hydrogens (tertiary/aromatic N) is 2. The minimum Gasteiger partial charge on any atom is -0.479 e. The van der Waals surface area contributed by atoms with Crippen LogP contribution in [-0.2, 0) is 9.59 Å². The molecular formula is C18H17N3O5. The number of hydrogen-bond acceptors (Lipinski definition) is 5. The summed E-state index contributed by atoms with van der Waals surface area (Å²) >= 11 is 0. The Kier molecular flexibility index (Phi) is 4.57. The van der Waals surface area contributed by atoms with E-state index < -0.39 is 16.9 Å². The number of benzene rings is 2. The first kappa shape index (κ1) is 17.4. The Balaban J connectivity index is 1.79. The van der Waals surface area contributed by atoms with Gasteiger partial charge in [0.15, 0.2) is 6.10 Å². The van der Waals surface area contributed by atoms with Gasteiger partial charge in [0.1, 0.15) is 12.3 Å². The summed E-state index contributed by atoms with van der Waals surface area (Å²) in [5, 5.41) is 13.6. The summed E-state index contributed by atoms with van der Waals surface area (Å²) in [6.45, 7) is 3.02. The number of nitro groups is 1. The molecule has 1 N–H and O–H groups in total. The summed E-state index contributed by atoms with van der Waals surface area (Å²) in [7, 11) is 0. The van der Waals surface area contributed by atoms with Crippen LogP contribution in [0, 0.1) is 17.0 Å². The molecule has 134 valence electrons. The SMILES string of the molecule is Cc1ccc(NC(=O)CN2C(=O)C(C)Oc3ccccc32)cc1[N+](=O)[O-]. The molecule has 1 aliphatic heterocycles. The maximum Gasteiger partial charge on any atom is 0.274 e. The summed E-state index contributed by atoms with van der Waals surface area (Å²) in [6, 6.07) is 11.4. The zero-order valence-corrected chi connectivity index (χ0v) is 14.3. The predicted molar refractivity (Wildman–Crippen MR) is 95.3 cm³/mol. The molecule has 2 amide bonds. The van der Waals surface area contributed by atoms with Gasteiger partial charge in [0, 0.05) is 17.3 Å². The summed E-state index contributed by atoms with van der Waals surface area (Å²) < 4.78 is 5.53. The van der Waals surface area contributed by atoms with Crippen molar-refractivity contribution in [3.63, 3.8) is 0 Å². The average Bonchev–Trinajstić information content (AvgIpc) is 2.60. The van der Waals surface area contributed by atoms with E-state index in [0.29, 0.717) is 22.7 Å². The lowest BCUT2D eigenvalue weighted by Gasteiger charge is -2.32. The largest absolute Gasteiger partial charge is 0.479 e. The molecule has 1 unspecified atom stereocenters. The van der Waals surface area contributed by atoms with E-state index in [2.05, 4.69) is 5.32 Å². The van der Waals surface area contributed by atoms with Crippen molar-refractivity contribution in [2.45, 2.75) is 20.0 Å². The van der Waals surface area contributed by atoms with Gasteiger partial charge >= 0.3 is 0 Å². The molecule has 3 rings (SSSR count). The van der Waals surface area contributed by atoms with Gasteiger partial charge < -0.3 is 10.1 Å². The molecule has 2 aromatic carbocycles. The van der Waals surface area contributed by atoms with E-state index >= 15 is 0 Å². The molecule has 8 nitrogen and oxygen atoms in total. The highest BCUT2D eigenvalue weighted by atomic mass is 16.6. The van der Waals surface area contributed by atoms with Crippen LogP contribution < -0.4 is 15.0 Å². The van der Waals surface area contributed by atoms with Crippen molar-refractivity contribution in [2.24, 2.45) is 0 Å². The number of hydrogen-bond donors (Lipinski definition) is 1. The van der Waals surface area contributed by atoms with E-state index in [1.165, 1.54) is 11.0 Å². The first-order chi connectivity index (χ1) is 12.4. The molecule has 0 bridgehead atoms. The number of carbonyl (C=O) groups excluding carboxylic acids is 2. The normalized spacial score (nSPS) is 15.8. The molecule has 0 spiro atoms. The number of carbonyl (C=O) groups is 2. The molecule has 0 aliphatic carbocycles. The summed E-state index contributed by atoms with van der Waals surface area (Å²) in [4.78, 5) is 36.7. The van der Waals surface area contributed by atoms with Crippen molar-refractivity contribution < 1.29 is 19.2 Å². The van der Waals surface area contributed by atoms with E-state index in [0.717, 1.165) is 0 Å². The first-order valence-electron chi connectivity index (χ1n) is 7.99. The van der Waals surface area contributed by atoms with Gasteiger partial charge in [-0.05, 0) is 32.0 Å². The van der Waals surface area contributed by atoms with Crippen molar-refractivity contribution >= 4 is 28.9 Å². The molecule has 8 heteroatoms. The number of nitrogens with one attached hydrogen (secondary N) is 1.